The Hall–Kier alpha value is -2.79. The van der Waals surface area contributed by atoms with Gasteiger partial charge < -0.3 is 14.2 Å². The molecule has 2 heterocycles. The summed E-state index contributed by atoms with van der Waals surface area (Å²) in [6, 6.07) is 14.7. The van der Waals surface area contributed by atoms with Crippen molar-refractivity contribution in [2.75, 3.05) is 13.7 Å². The zero-order valence-electron chi connectivity index (χ0n) is 14.2. The fourth-order valence-electron chi connectivity index (χ4n) is 3.22. The predicted octanol–water partition coefficient (Wildman–Crippen LogP) is 4.20. The molecule has 0 saturated carbocycles. The van der Waals surface area contributed by atoms with Gasteiger partial charge in [0.1, 0.15) is 11.4 Å². The van der Waals surface area contributed by atoms with Crippen molar-refractivity contribution >= 4 is 17.5 Å². The number of amides is 1. The molecular weight excluding hydrogens is 352 g/mol. The molecule has 2 aromatic carbocycles. The van der Waals surface area contributed by atoms with E-state index in [1.54, 1.807) is 24.1 Å². The van der Waals surface area contributed by atoms with Crippen LogP contribution in [0.2, 0.25) is 5.02 Å². The number of hydrogen-bond acceptors (Lipinski definition) is 4. The van der Waals surface area contributed by atoms with Crippen molar-refractivity contribution in [3.8, 4) is 17.1 Å². The maximum absolute atomic E-state index is 12.9. The third-order valence-corrected chi connectivity index (χ3v) is 4.82. The standard InChI is InChI=1S/C20H17ClN2O3/c1-25-18-5-3-2-4-16(18)20(24)23-11-10-15-17(12-23)22-26-19(15)13-6-8-14(21)9-7-13/h2-9H,10-12H2,1H3. The fraction of sp³-hybridized carbons (Fsp3) is 0.200. The van der Waals surface area contributed by atoms with E-state index in [0.29, 0.717) is 35.8 Å². The molecule has 3 aromatic rings. The van der Waals surface area contributed by atoms with E-state index in [2.05, 4.69) is 5.16 Å². The number of hydrogen-bond donors (Lipinski definition) is 0. The highest BCUT2D eigenvalue weighted by Crippen LogP contribution is 2.32. The molecule has 0 bridgehead atoms. The molecule has 0 N–H and O–H groups in total. The van der Waals surface area contributed by atoms with Gasteiger partial charge in [0.25, 0.3) is 5.91 Å². The van der Waals surface area contributed by atoms with Gasteiger partial charge in [0.15, 0.2) is 5.76 Å². The van der Waals surface area contributed by atoms with Gasteiger partial charge in [0, 0.05) is 22.7 Å². The predicted molar refractivity (Wildman–Crippen MR) is 98.4 cm³/mol. The lowest BCUT2D eigenvalue weighted by atomic mass is 10.00. The minimum atomic E-state index is -0.0656. The second kappa shape index (κ2) is 6.84. The van der Waals surface area contributed by atoms with E-state index in [4.69, 9.17) is 20.9 Å². The highest BCUT2D eigenvalue weighted by Gasteiger charge is 2.28. The Morgan fingerprint density at radius 1 is 1.19 bits per heavy atom. The minimum Gasteiger partial charge on any atom is -0.496 e. The highest BCUT2D eigenvalue weighted by molar-refractivity contribution is 6.30. The minimum absolute atomic E-state index is 0.0656. The lowest BCUT2D eigenvalue weighted by molar-refractivity contribution is 0.0728. The molecule has 0 saturated heterocycles. The number of halogens is 1. The van der Waals surface area contributed by atoms with Crippen molar-refractivity contribution in [1.29, 1.82) is 0 Å². The van der Waals surface area contributed by atoms with Crippen LogP contribution in [0, 0.1) is 0 Å². The van der Waals surface area contributed by atoms with Crippen LogP contribution in [0.15, 0.2) is 53.1 Å². The molecule has 0 radical (unpaired) electrons. The van der Waals surface area contributed by atoms with Gasteiger partial charge in [0.2, 0.25) is 0 Å². The molecule has 5 nitrogen and oxygen atoms in total. The number of nitrogens with zero attached hydrogens (tertiary/aromatic N) is 2. The number of methoxy groups -OCH3 is 1. The highest BCUT2D eigenvalue weighted by atomic mass is 35.5. The zero-order chi connectivity index (χ0) is 18.1. The summed E-state index contributed by atoms with van der Waals surface area (Å²) in [6.45, 7) is 1.02. The Kier molecular flexibility index (Phi) is 4.39. The van der Waals surface area contributed by atoms with E-state index >= 15 is 0 Å². The Bertz CT molecular complexity index is 950. The summed E-state index contributed by atoms with van der Waals surface area (Å²) in [5.41, 5.74) is 3.34. The smallest absolute Gasteiger partial charge is 0.257 e. The molecule has 1 aliphatic heterocycles. The molecule has 6 heteroatoms. The summed E-state index contributed by atoms with van der Waals surface area (Å²) in [7, 11) is 1.57. The first-order valence-electron chi connectivity index (χ1n) is 8.33. The SMILES string of the molecule is COc1ccccc1C(=O)N1CCc2c(noc2-c2ccc(Cl)cc2)C1. The second-order valence-electron chi connectivity index (χ2n) is 6.12. The van der Waals surface area contributed by atoms with Crippen molar-refractivity contribution in [1.82, 2.24) is 10.1 Å². The molecule has 0 fully saturated rings. The summed E-state index contributed by atoms with van der Waals surface area (Å²) in [6.07, 6.45) is 0.692. The third kappa shape index (κ3) is 2.95. The molecule has 4 rings (SSSR count). The molecule has 132 valence electrons. The van der Waals surface area contributed by atoms with Gasteiger partial charge in [-0.1, -0.05) is 28.9 Å². The van der Waals surface area contributed by atoms with Crippen molar-refractivity contribution < 1.29 is 14.1 Å². The summed E-state index contributed by atoms with van der Waals surface area (Å²) < 4.78 is 10.9. The number of carbonyl (C=O) groups is 1. The molecule has 1 amide bonds. The van der Waals surface area contributed by atoms with Crippen molar-refractivity contribution in [2.45, 2.75) is 13.0 Å². The fourth-order valence-corrected chi connectivity index (χ4v) is 3.35. The van der Waals surface area contributed by atoms with Crippen molar-refractivity contribution in [3.63, 3.8) is 0 Å². The first-order valence-corrected chi connectivity index (χ1v) is 8.71. The van der Waals surface area contributed by atoms with Crippen LogP contribution in [0.3, 0.4) is 0 Å². The van der Waals surface area contributed by atoms with Crippen LogP contribution in [-0.4, -0.2) is 29.6 Å². The van der Waals surface area contributed by atoms with Crippen LogP contribution in [-0.2, 0) is 13.0 Å². The molecule has 0 unspecified atom stereocenters. The molecule has 26 heavy (non-hydrogen) atoms. The van der Waals surface area contributed by atoms with Crippen LogP contribution in [0.5, 0.6) is 5.75 Å². The van der Waals surface area contributed by atoms with Gasteiger partial charge in [-0.15, -0.1) is 0 Å². The van der Waals surface area contributed by atoms with E-state index in [1.807, 2.05) is 36.4 Å². The van der Waals surface area contributed by atoms with Gasteiger partial charge in [-0.3, -0.25) is 4.79 Å². The normalized spacial score (nSPS) is 13.4. The van der Waals surface area contributed by atoms with Crippen molar-refractivity contribution in [2.24, 2.45) is 0 Å². The monoisotopic (exact) mass is 368 g/mol. The number of aromatic nitrogens is 1. The lowest BCUT2D eigenvalue weighted by Crippen LogP contribution is -2.36. The summed E-state index contributed by atoms with van der Waals surface area (Å²) in [4.78, 5) is 14.6. The van der Waals surface area contributed by atoms with Gasteiger partial charge >= 0.3 is 0 Å². The Morgan fingerprint density at radius 2 is 1.96 bits per heavy atom. The number of fused-ring (bicyclic) bond motifs is 1. The van der Waals surface area contributed by atoms with Crippen LogP contribution in [0.1, 0.15) is 21.6 Å². The maximum Gasteiger partial charge on any atom is 0.257 e. The molecule has 0 aliphatic carbocycles. The van der Waals surface area contributed by atoms with Crippen LogP contribution in [0.4, 0.5) is 0 Å². The summed E-state index contributed by atoms with van der Waals surface area (Å²) in [5.74, 6) is 1.26. The average molecular weight is 369 g/mol. The van der Waals surface area contributed by atoms with Crippen molar-refractivity contribution in [3.05, 3.63) is 70.4 Å². The molecule has 1 aromatic heterocycles. The average Bonchev–Trinajstić information content (AvgIpc) is 3.11. The Balaban J connectivity index is 1.59. The lowest BCUT2D eigenvalue weighted by Gasteiger charge is -2.26. The van der Waals surface area contributed by atoms with Gasteiger partial charge in [-0.25, -0.2) is 0 Å². The number of rotatable bonds is 3. The van der Waals surface area contributed by atoms with E-state index in [0.717, 1.165) is 22.6 Å². The van der Waals surface area contributed by atoms with Crippen LogP contribution >= 0.6 is 11.6 Å². The summed E-state index contributed by atoms with van der Waals surface area (Å²) >= 11 is 5.95. The van der Waals surface area contributed by atoms with E-state index in [9.17, 15) is 4.79 Å². The molecule has 0 spiro atoms. The van der Waals surface area contributed by atoms with E-state index < -0.39 is 0 Å². The first-order chi connectivity index (χ1) is 12.7. The largest absolute Gasteiger partial charge is 0.496 e. The molecule has 1 aliphatic rings. The maximum atomic E-state index is 12.9. The van der Waals surface area contributed by atoms with E-state index in [-0.39, 0.29) is 5.91 Å². The zero-order valence-corrected chi connectivity index (χ0v) is 15.0. The first kappa shape index (κ1) is 16.7. The quantitative estimate of drug-likeness (QED) is 0.695. The molecular formula is C20H17ClN2O3. The Labute approximate surface area is 156 Å². The Morgan fingerprint density at radius 3 is 2.73 bits per heavy atom. The van der Waals surface area contributed by atoms with Gasteiger partial charge in [-0.05, 0) is 42.8 Å². The molecule has 0 atom stereocenters. The number of benzene rings is 2. The van der Waals surface area contributed by atoms with Gasteiger partial charge in [0.05, 0.1) is 19.2 Å². The number of carbonyl (C=O) groups excluding carboxylic acids is 1. The summed E-state index contributed by atoms with van der Waals surface area (Å²) in [5, 5.41) is 4.87. The topological polar surface area (TPSA) is 55.6 Å². The third-order valence-electron chi connectivity index (χ3n) is 4.57. The van der Waals surface area contributed by atoms with Crippen LogP contribution in [0.25, 0.3) is 11.3 Å². The second-order valence-corrected chi connectivity index (χ2v) is 6.56. The van der Waals surface area contributed by atoms with Gasteiger partial charge in [-0.2, -0.15) is 0 Å². The van der Waals surface area contributed by atoms with E-state index in [1.165, 1.54) is 0 Å². The number of ether oxygens (including phenoxy) is 1. The number of para-hydroxylation sites is 1. The van der Waals surface area contributed by atoms with Crippen LogP contribution < -0.4 is 4.74 Å².